The summed E-state index contributed by atoms with van der Waals surface area (Å²) in [5, 5.41) is 12.8. The van der Waals surface area contributed by atoms with Crippen molar-refractivity contribution in [3.63, 3.8) is 0 Å². The van der Waals surface area contributed by atoms with Crippen LogP contribution in [0.15, 0.2) is 0 Å². The first-order chi connectivity index (χ1) is 10.1. The summed E-state index contributed by atoms with van der Waals surface area (Å²) in [7, 11) is 0. The lowest BCUT2D eigenvalue weighted by Crippen LogP contribution is -2.46. The number of carbonyl (C=O) groups is 1. The standard InChI is InChI=1S/C16H31N3O2/c1-13(20)12-18-9-5-15(6-10-18)11-17-14(2)16(21)19-7-3-4-8-19/h13-15,17,20H,3-12H2,1-2H3/t13-,14-/m1/s1. The lowest BCUT2D eigenvalue weighted by atomic mass is 9.96. The molecule has 2 aliphatic rings. The number of aliphatic hydroxyl groups excluding tert-OH is 1. The molecule has 0 aromatic heterocycles. The fourth-order valence-corrected chi connectivity index (χ4v) is 3.39. The minimum atomic E-state index is -0.238. The van der Waals surface area contributed by atoms with Crippen LogP contribution < -0.4 is 5.32 Å². The molecular formula is C16H31N3O2. The molecule has 2 N–H and O–H groups in total. The van der Waals surface area contributed by atoms with Crippen molar-refractivity contribution in [2.45, 2.75) is 51.7 Å². The summed E-state index contributed by atoms with van der Waals surface area (Å²) in [5.41, 5.74) is 0. The van der Waals surface area contributed by atoms with Crippen LogP contribution in [0.1, 0.15) is 39.5 Å². The molecule has 2 heterocycles. The van der Waals surface area contributed by atoms with E-state index in [9.17, 15) is 9.90 Å². The molecule has 0 spiro atoms. The molecule has 1 amide bonds. The van der Waals surface area contributed by atoms with Gasteiger partial charge in [0.25, 0.3) is 0 Å². The van der Waals surface area contributed by atoms with Gasteiger partial charge < -0.3 is 20.2 Å². The van der Waals surface area contributed by atoms with Crippen molar-refractivity contribution in [2.24, 2.45) is 5.92 Å². The summed E-state index contributed by atoms with van der Waals surface area (Å²) in [6.07, 6.45) is 4.38. The van der Waals surface area contributed by atoms with Crippen molar-refractivity contribution in [3.8, 4) is 0 Å². The number of nitrogens with one attached hydrogen (secondary N) is 1. The number of β-amino-alcohol motifs (C(OH)–C–C–N with tert-alkyl or cyclic N) is 1. The lowest BCUT2D eigenvalue weighted by Gasteiger charge is -2.33. The predicted molar refractivity (Wildman–Crippen MR) is 84.1 cm³/mol. The van der Waals surface area contributed by atoms with Crippen LogP contribution in [0.5, 0.6) is 0 Å². The second kappa shape index (κ2) is 8.11. The van der Waals surface area contributed by atoms with Crippen molar-refractivity contribution in [3.05, 3.63) is 0 Å². The van der Waals surface area contributed by atoms with Crippen molar-refractivity contribution >= 4 is 5.91 Å². The highest BCUT2D eigenvalue weighted by Crippen LogP contribution is 2.17. The fourth-order valence-electron chi connectivity index (χ4n) is 3.39. The topological polar surface area (TPSA) is 55.8 Å². The van der Waals surface area contributed by atoms with Crippen LogP contribution in [0.2, 0.25) is 0 Å². The van der Waals surface area contributed by atoms with Crippen LogP contribution in [-0.2, 0) is 4.79 Å². The summed E-state index contributed by atoms with van der Waals surface area (Å²) < 4.78 is 0. The number of likely N-dealkylation sites (tertiary alicyclic amines) is 2. The highest BCUT2D eigenvalue weighted by atomic mass is 16.3. The van der Waals surface area contributed by atoms with Gasteiger partial charge in [0.15, 0.2) is 0 Å². The predicted octanol–water partition coefficient (Wildman–Crippen LogP) is 0.680. The Bertz CT molecular complexity index is 321. The van der Waals surface area contributed by atoms with Crippen LogP contribution >= 0.6 is 0 Å². The van der Waals surface area contributed by atoms with Gasteiger partial charge in [0.2, 0.25) is 5.91 Å². The van der Waals surface area contributed by atoms with E-state index in [0.29, 0.717) is 5.92 Å². The summed E-state index contributed by atoms with van der Waals surface area (Å²) in [4.78, 5) is 16.5. The Morgan fingerprint density at radius 3 is 2.38 bits per heavy atom. The molecule has 2 saturated heterocycles. The molecule has 0 unspecified atom stereocenters. The number of hydrogen-bond donors (Lipinski definition) is 2. The average molecular weight is 297 g/mol. The molecule has 0 aliphatic carbocycles. The van der Waals surface area contributed by atoms with Gasteiger partial charge >= 0.3 is 0 Å². The Morgan fingerprint density at radius 2 is 1.81 bits per heavy atom. The molecule has 0 radical (unpaired) electrons. The van der Waals surface area contributed by atoms with E-state index < -0.39 is 0 Å². The zero-order chi connectivity index (χ0) is 15.2. The van der Waals surface area contributed by atoms with E-state index in [0.717, 1.165) is 65.0 Å². The maximum absolute atomic E-state index is 12.2. The summed E-state index contributed by atoms with van der Waals surface area (Å²) in [6, 6.07) is -0.0569. The lowest BCUT2D eigenvalue weighted by molar-refractivity contribution is -0.132. The number of rotatable bonds is 6. The summed E-state index contributed by atoms with van der Waals surface area (Å²) >= 11 is 0. The molecule has 5 heteroatoms. The first kappa shape index (κ1) is 16.7. The van der Waals surface area contributed by atoms with Gasteiger partial charge in [0, 0.05) is 19.6 Å². The van der Waals surface area contributed by atoms with E-state index in [-0.39, 0.29) is 18.1 Å². The van der Waals surface area contributed by atoms with Gasteiger partial charge in [-0.3, -0.25) is 4.79 Å². The SMILES string of the molecule is C[C@@H](O)CN1CCC(CN[C@H](C)C(=O)N2CCCC2)CC1. The molecule has 0 aromatic carbocycles. The molecule has 0 aromatic rings. The molecule has 5 nitrogen and oxygen atoms in total. The molecular weight excluding hydrogens is 266 g/mol. The van der Waals surface area contributed by atoms with Gasteiger partial charge in [0.05, 0.1) is 12.1 Å². The minimum Gasteiger partial charge on any atom is -0.392 e. The van der Waals surface area contributed by atoms with E-state index >= 15 is 0 Å². The van der Waals surface area contributed by atoms with E-state index in [1.165, 1.54) is 0 Å². The molecule has 2 fully saturated rings. The molecule has 0 saturated carbocycles. The van der Waals surface area contributed by atoms with Crippen molar-refractivity contribution in [1.82, 2.24) is 15.1 Å². The van der Waals surface area contributed by atoms with Crippen molar-refractivity contribution in [1.29, 1.82) is 0 Å². The molecule has 0 bridgehead atoms. The number of aliphatic hydroxyl groups is 1. The Hall–Kier alpha value is -0.650. The Kier molecular flexibility index (Phi) is 6.45. The Balaban J connectivity index is 1.63. The minimum absolute atomic E-state index is 0.0569. The highest BCUT2D eigenvalue weighted by molar-refractivity contribution is 5.81. The van der Waals surface area contributed by atoms with Gasteiger partial charge in [-0.2, -0.15) is 0 Å². The van der Waals surface area contributed by atoms with Crippen molar-refractivity contribution in [2.75, 3.05) is 39.3 Å². The fraction of sp³-hybridized carbons (Fsp3) is 0.938. The largest absolute Gasteiger partial charge is 0.392 e. The van der Waals surface area contributed by atoms with Gasteiger partial charge in [-0.15, -0.1) is 0 Å². The van der Waals surface area contributed by atoms with Crippen LogP contribution in [0.3, 0.4) is 0 Å². The third-order valence-electron chi connectivity index (χ3n) is 4.73. The Morgan fingerprint density at radius 1 is 1.19 bits per heavy atom. The maximum Gasteiger partial charge on any atom is 0.239 e. The van der Waals surface area contributed by atoms with E-state index in [1.54, 1.807) is 0 Å². The van der Waals surface area contributed by atoms with E-state index in [2.05, 4.69) is 10.2 Å². The van der Waals surface area contributed by atoms with Gasteiger partial charge in [-0.05, 0) is 65.1 Å². The smallest absolute Gasteiger partial charge is 0.239 e. The molecule has 122 valence electrons. The Labute approximate surface area is 128 Å². The normalized spacial score (nSPS) is 24.2. The zero-order valence-electron chi connectivity index (χ0n) is 13.6. The third kappa shape index (κ3) is 5.24. The van der Waals surface area contributed by atoms with Crippen LogP contribution in [0.25, 0.3) is 0 Å². The van der Waals surface area contributed by atoms with E-state index in [1.807, 2.05) is 18.7 Å². The number of carbonyl (C=O) groups excluding carboxylic acids is 1. The van der Waals surface area contributed by atoms with E-state index in [4.69, 9.17) is 0 Å². The second-order valence-electron chi connectivity index (χ2n) is 6.76. The molecule has 2 atom stereocenters. The van der Waals surface area contributed by atoms with Crippen LogP contribution in [0, 0.1) is 5.92 Å². The first-order valence-electron chi connectivity index (χ1n) is 8.49. The first-order valence-corrected chi connectivity index (χ1v) is 8.49. The van der Waals surface area contributed by atoms with Crippen LogP contribution in [-0.4, -0.2) is 72.2 Å². The summed E-state index contributed by atoms with van der Waals surface area (Å²) in [5.74, 6) is 0.920. The molecule has 21 heavy (non-hydrogen) atoms. The number of hydrogen-bond acceptors (Lipinski definition) is 4. The monoisotopic (exact) mass is 297 g/mol. The number of nitrogens with zero attached hydrogens (tertiary/aromatic N) is 2. The summed E-state index contributed by atoms with van der Waals surface area (Å²) in [6.45, 7) is 9.54. The quantitative estimate of drug-likeness (QED) is 0.757. The van der Waals surface area contributed by atoms with Crippen LogP contribution in [0.4, 0.5) is 0 Å². The maximum atomic E-state index is 12.2. The average Bonchev–Trinajstić information content (AvgIpc) is 2.99. The van der Waals surface area contributed by atoms with Crippen molar-refractivity contribution < 1.29 is 9.90 Å². The second-order valence-corrected chi connectivity index (χ2v) is 6.76. The number of piperidine rings is 1. The third-order valence-corrected chi connectivity index (χ3v) is 4.73. The number of amides is 1. The molecule has 2 rings (SSSR count). The highest BCUT2D eigenvalue weighted by Gasteiger charge is 2.25. The zero-order valence-corrected chi connectivity index (χ0v) is 13.6. The van der Waals surface area contributed by atoms with Gasteiger partial charge in [0.1, 0.15) is 0 Å². The van der Waals surface area contributed by atoms with Gasteiger partial charge in [-0.1, -0.05) is 0 Å². The molecule has 2 aliphatic heterocycles. The van der Waals surface area contributed by atoms with Gasteiger partial charge in [-0.25, -0.2) is 0 Å².